The molecule has 1 fully saturated rings. The summed E-state index contributed by atoms with van der Waals surface area (Å²) >= 11 is -2.19. The van der Waals surface area contributed by atoms with Gasteiger partial charge in [-0.25, -0.2) is 0 Å². The van der Waals surface area contributed by atoms with Crippen molar-refractivity contribution in [1.29, 1.82) is 0 Å². The number of hydrogen-bond acceptors (Lipinski definition) is 0. The van der Waals surface area contributed by atoms with Crippen LogP contribution in [-0.4, -0.2) is 13.3 Å². The fourth-order valence-electron chi connectivity index (χ4n) is 4.39. The maximum Gasteiger partial charge on any atom is -1.00 e. The van der Waals surface area contributed by atoms with E-state index in [0.717, 1.165) is 3.63 Å². The first-order valence-electron chi connectivity index (χ1n) is 7.69. The SMILES string of the molecule is CC1=CC(C)=[C]([Zr+2]2([CH]3C=Cc4ccccc43)[P](C)[P]2C)C1.[Cl-].[Cl-]. The van der Waals surface area contributed by atoms with Crippen LogP contribution >= 0.6 is 9.81 Å². The van der Waals surface area contributed by atoms with Crippen molar-refractivity contribution in [3.8, 4) is 0 Å². The third-order valence-electron chi connectivity index (χ3n) is 5.47. The summed E-state index contributed by atoms with van der Waals surface area (Å²) in [5, 5.41) is 0. The number of rotatable bonds is 2. The molecule has 0 spiro atoms. The van der Waals surface area contributed by atoms with E-state index in [1.807, 2.05) is 3.28 Å². The number of benzene rings is 1. The smallest absolute Gasteiger partial charge is 1.00 e. The number of hydrogen-bond donors (Lipinski definition) is 0. The first-order chi connectivity index (χ1) is 10.1. The average Bonchev–Trinajstić information content (AvgIpc) is 2.86. The van der Waals surface area contributed by atoms with E-state index in [-0.39, 0.29) is 24.8 Å². The van der Waals surface area contributed by atoms with E-state index < -0.39 is 19.1 Å². The Labute approximate surface area is 158 Å². The topological polar surface area (TPSA) is 0 Å². The number of halogens is 2. The van der Waals surface area contributed by atoms with E-state index in [1.165, 1.54) is 12.0 Å². The van der Waals surface area contributed by atoms with Gasteiger partial charge in [-0.05, 0) is 0 Å². The molecular formula is C18H22Cl2P2Zr. The molecule has 3 atom stereocenters. The standard InChI is InChI=1S/C9H7.C7H9.C2H6P2.2ClH.Zr/c1-2-5-9-7-3-6-8(9)4-1;1-6-3-4-7(2)5-6;1-3-4-2;;;/h1-7H;5H,3H2,1-2H3;1-2H3;2*1H;/q;;-2;;;+4/p-2. The van der Waals surface area contributed by atoms with Crippen LogP contribution in [0.25, 0.3) is 6.08 Å². The molecule has 1 aromatic rings. The van der Waals surface area contributed by atoms with Crippen LogP contribution in [-0.2, 0) is 19.1 Å². The third-order valence-corrected chi connectivity index (χ3v) is 66.0. The Kier molecular flexibility index (Phi) is 6.26. The summed E-state index contributed by atoms with van der Waals surface area (Å²) < 4.78 is 2.82. The predicted molar refractivity (Wildman–Crippen MR) is 95.0 cm³/mol. The second-order valence-corrected chi connectivity index (χ2v) is 44.7. The molecule has 122 valence electrons. The van der Waals surface area contributed by atoms with Crippen molar-refractivity contribution < 1.29 is 43.9 Å². The fourth-order valence-corrected chi connectivity index (χ4v) is 86.1. The minimum Gasteiger partial charge on any atom is -1.00 e. The van der Waals surface area contributed by atoms with E-state index in [2.05, 4.69) is 69.7 Å². The Balaban J connectivity index is 0.000000960. The summed E-state index contributed by atoms with van der Waals surface area (Å²) in [6, 6.07) is 9.16. The molecule has 0 saturated carbocycles. The zero-order valence-corrected chi connectivity index (χ0v) is 19.7. The maximum absolute atomic E-state index is 2.64. The normalized spacial score (nSPS) is 31.0. The quantitative estimate of drug-likeness (QED) is 0.563. The van der Waals surface area contributed by atoms with Gasteiger partial charge in [-0.1, -0.05) is 0 Å². The summed E-state index contributed by atoms with van der Waals surface area (Å²) in [4.78, 5) is 0.722. The molecule has 1 aliphatic heterocycles. The van der Waals surface area contributed by atoms with Crippen LogP contribution in [0.2, 0.25) is 0 Å². The average molecular weight is 462 g/mol. The Morgan fingerprint density at radius 3 is 2.26 bits per heavy atom. The van der Waals surface area contributed by atoms with Gasteiger partial charge in [0.25, 0.3) is 0 Å². The first-order valence-corrected chi connectivity index (χ1v) is 21.2. The fraction of sp³-hybridized carbons (Fsp3) is 0.333. The molecule has 0 aromatic heterocycles. The molecule has 5 heteroatoms. The van der Waals surface area contributed by atoms with Crippen LogP contribution in [0.3, 0.4) is 0 Å². The van der Waals surface area contributed by atoms with Gasteiger partial charge in [0.05, 0.1) is 0 Å². The second-order valence-electron chi connectivity index (χ2n) is 6.57. The summed E-state index contributed by atoms with van der Waals surface area (Å²) in [7, 11) is 0. The molecule has 0 amide bonds. The maximum atomic E-state index is 2.64. The van der Waals surface area contributed by atoms with Gasteiger partial charge in [0.2, 0.25) is 0 Å². The van der Waals surface area contributed by atoms with Crippen LogP contribution in [0.4, 0.5) is 0 Å². The number of allylic oxidation sites excluding steroid dienone is 5. The Bertz CT molecular complexity index is 715. The van der Waals surface area contributed by atoms with Crippen molar-refractivity contribution in [2.45, 2.75) is 23.9 Å². The van der Waals surface area contributed by atoms with Crippen molar-refractivity contribution in [3.63, 3.8) is 0 Å². The van der Waals surface area contributed by atoms with Gasteiger partial charge in [-0.2, -0.15) is 0 Å². The van der Waals surface area contributed by atoms with E-state index in [1.54, 1.807) is 16.7 Å². The van der Waals surface area contributed by atoms with Crippen LogP contribution in [0.15, 0.2) is 50.8 Å². The van der Waals surface area contributed by atoms with Gasteiger partial charge in [-0.3, -0.25) is 0 Å². The molecular weight excluding hydrogens is 440 g/mol. The van der Waals surface area contributed by atoms with Gasteiger partial charge in [-0.15, -0.1) is 0 Å². The summed E-state index contributed by atoms with van der Waals surface area (Å²) in [5.74, 6) is 0. The van der Waals surface area contributed by atoms with Crippen molar-refractivity contribution >= 4 is 15.9 Å². The molecule has 23 heavy (non-hydrogen) atoms. The summed E-state index contributed by atoms with van der Waals surface area (Å²) in [5.41, 5.74) is 6.42. The van der Waals surface area contributed by atoms with Crippen LogP contribution in [0.5, 0.6) is 0 Å². The number of fused-ring (bicyclic) bond motifs is 1. The predicted octanol–water partition coefficient (Wildman–Crippen LogP) is 0.522. The first kappa shape index (κ1) is 20.1. The molecule has 0 bridgehead atoms. The molecule has 1 heterocycles. The van der Waals surface area contributed by atoms with Crippen molar-refractivity contribution in [1.82, 2.24) is 0 Å². The van der Waals surface area contributed by atoms with E-state index in [0.29, 0.717) is 9.81 Å². The zero-order valence-electron chi connectivity index (χ0n) is 14.0. The summed E-state index contributed by atoms with van der Waals surface area (Å²) in [6.07, 6.45) is 8.80. The Hall–Kier alpha value is 0.763. The van der Waals surface area contributed by atoms with E-state index in [4.69, 9.17) is 0 Å². The van der Waals surface area contributed by atoms with Gasteiger partial charge in [0, 0.05) is 0 Å². The van der Waals surface area contributed by atoms with Gasteiger partial charge >= 0.3 is 134 Å². The second kappa shape index (κ2) is 7.18. The molecule has 1 aromatic carbocycles. The van der Waals surface area contributed by atoms with Crippen molar-refractivity contribution in [3.05, 3.63) is 62.0 Å². The molecule has 2 aliphatic carbocycles. The van der Waals surface area contributed by atoms with Crippen molar-refractivity contribution in [2.75, 3.05) is 13.3 Å². The molecule has 3 aliphatic rings. The largest absolute Gasteiger partial charge is 1.00 e. The van der Waals surface area contributed by atoms with E-state index in [9.17, 15) is 0 Å². The monoisotopic (exact) mass is 460 g/mol. The van der Waals surface area contributed by atoms with Crippen LogP contribution < -0.4 is 24.8 Å². The van der Waals surface area contributed by atoms with Crippen molar-refractivity contribution in [2.24, 2.45) is 0 Å². The molecule has 4 rings (SSSR count). The minimum atomic E-state index is -2.19. The molecule has 1 saturated heterocycles. The summed E-state index contributed by atoms with van der Waals surface area (Å²) in [6.45, 7) is 9.99. The molecule has 3 unspecified atom stereocenters. The Morgan fingerprint density at radius 2 is 1.70 bits per heavy atom. The Morgan fingerprint density at radius 1 is 1.04 bits per heavy atom. The van der Waals surface area contributed by atoms with Gasteiger partial charge in [0.15, 0.2) is 0 Å². The third kappa shape index (κ3) is 2.84. The van der Waals surface area contributed by atoms with Crippen LogP contribution in [0, 0.1) is 0 Å². The van der Waals surface area contributed by atoms with E-state index >= 15 is 0 Å². The minimum absolute atomic E-state index is 0. The van der Waals surface area contributed by atoms with Crippen LogP contribution in [0.1, 0.15) is 35.0 Å². The van der Waals surface area contributed by atoms with Gasteiger partial charge < -0.3 is 24.8 Å². The van der Waals surface area contributed by atoms with Gasteiger partial charge in [0.1, 0.15) is 0 Å². The molecule has 0 radical (unpaired) electrons. The molecule has 0 N–H and O–H groups in total. The zero-order chi connectivity index (χ0) is 14.8. The molecule has 0 nitrogen and oxygen atoms in total.